The fourth-order valence-electron chi connectivity index (χ4n) is 3.60. The highest BCUT2D eigenvalue weighted by molar-refractivity contribution is 8.14. The highest BCUT2D eigenvalue weighted by Crippen LogP contribution is 2.31. The Bertz CT molecular complexity index is 1100. The number of rotatable bonds is 7. The van der Waals surface area contributed by atoms with Gasteiger partial charge in [0.15, 0.2) is 11.0 Å². The van der Waals surface area contributed by atoms with Crippen molar-refractivity contribution in [3.05, 3.63) is 58.9 Å². The standard InChI is InChI=1S/C25H32N4O3S.C3H8/c1-6-7-17-8-9-18(12-20(17)16(2)30)21-15-33-24(27-21)28-22(31)13-26-23(32)19-10-11-29(14-19)25(3,4)5;1-3-2/h8-12,14,21H,6-7,13,15H2,1-5H3,(H,26,32)(H,27,28,31);3H2,1-2H3. The summed E-state index contributed by atoms with van der Waals surface area (Å²) >= 11 is 1.46. The van der Waals surface area contributed by atoms with Crippen LogP contribution in [-0.2, 0) is 16.8 Å². The van der Waals surface area contributed by atoms with E-state index in [1.807, 2.05) is 29.0 Å². The number of aromatic nitrogens is 1. The normalized spacial score (nSPS) is 15.0. The molecular weight excluding hydrogens is 472 g/mol. The maximum atomic E-state index is 12.4. The lowest BCUT2D eigenvalue weighted by Gasteiger charge is -2.20. The molecule has 2 N–H and O–H groups in total. The molecule has 0 saturated carbocycles. The highest BCUT2D eigenvalue weighted by Gasteiger charge is 2.23. The van der Waals surface area contributed by atoms with Gasteiger partial charge in [0.2, 0.25) is 5.91 Å². The van der Waals surface area contributed by atoms with E-state index in [0.29, 0.717) is 16.5 Å². The summed E-state index contributed by atoms with van der Waals surface area (Å²) in [5.41, 5.74) is 3.17. The third-order valence-corrected chi connectivity index (χ3v) is 6.42. The number of carbonyl (C=O) groups excluding carboxylic acids is 3. The lowest BCUT2D eigenvalue weighted by atomic mass is 9.96. The molecule has 0 aliphatic carbocycles. The summed E-state index contributed by atoms with van der Waals surface area (Å²) in [6.07, 6.45) is 6.72. The molecule has 1 unspecified atom stereocenters. The lowest BCUT2D eigenvalue weighted by Crippen LogP contribution is -2.38. The first-order valence-electron chi connectivity index (χ1n) is 12.6. The molecule has 0 bridgehead atoms. The number of aliphatic imine (C=N–C) groups is 1. The maximum absolute atomic E-state index is 12.4. The van der Waals surface area contributed by atoms with E-state index < -0.39 is 0 Å². The zero-order chi connectivity index (χ0) is 26.9. The third-order valence-electron chi connectivity index (χ3n) is 5.45. The number of nitrogens with one attached hydrogen (secondary N) is 2. The number of aryl methyl sites for hydroxylation is 1. The van der Waals surface area contributed by atoms with Crippen LogP contribution in [0.3, 0.4) is 0 Å². The number of ketones is 1. The third kappa shape index (κ3) is 8.36. The van der Waals surface area contributed by atoms with Crippen molar-refractivity contribution in [3.8, 4) is 0 Å². The minimum Gasteiger partial charge on any atom is -0.348 e. The number of benzene rings is 1. The topological polar surface area (TPSA) is 92.6 Å². The second-order valence-corrected chi connectivity index (χ2v) is 10.9. The number of amidine groups is 1. The number of hydrogen-bond donors (Lipinski definition) is 2. The van der Waals surface area contributed by atoms with Crippen LogP contribution in [-0.4, -0.2) is 39.6 Å². The summed E-state index contributed by atoms with van der Waals surface area (Å²) < 4.78 is 1.96. The number of amides is 2. The van der Waals surface area contributed by atoms with Gasteiger partial charge in [0.05, 0.1) is 18.2 Å². The highest BCUT2D eigenvalue weighted by atomic mass is 32.2. The van der Waals surface area contributed by atoms with Crippen LogP contribution in [0, 0.1) is 0 Å². The predicted octanol–water partition coefficient (Wildman–Crippen LogP) is 5.50. The molecule has 1 atom stereocenters. The number of hydrogen-bond acceptors (Lipinski definition) is 5. The Morgan fingerprint density at radius 2 is 1.83 bits per heavy atom. The van der Waals surface area contributed by atoms with Gasteiger partial charge in [-0.25, -0.2) is 0 Å². The molecule has 0 fully saturated rings. The average molecular weight is 513 g/mol. The molecule has 2 aromatic rings. The van der Waals surface area contributed by atoms with E-state index in [9.17, 15) is 14.4 Å². The molecule has 1 aliphatic rings. The molecular formula is C28H40N4O3S. The Kier molecular flexibility index (Phi) is 11.0. The van der Waals surface area contributed by atoms with Crippen molar-refractivity contribution >= 4 is 34.5 Å². The Morgan fingerprint density at radius 3 is 2.42 bits per heavy atom. The first-order valence-corrected chi connectivity index (χ1v) is 13.6. The minimum absolute atomic E-state index is 0.0528. The number of nitrogens with zero attached hydrogens (tertiary/aromatic N) is 2. The predicted molar refractivity (Wildman–Crippen MR) is 149 cm³/mol. The lowest BCUT2D eigenvalue weighted by molar-refractivity contribution is -0.118. The van der Waals surface area contributed by atoms with E-state index in [1.54, 1.807) is 19.2 Å². The Balaban J connectivity index is 0.00000145. The zero-order valence-electron chi connectivity index (χ0n) is 22.6. The second kappa shape index (κ2) is 13.4. The number of thioether (sulfide) groups is 1. The molecule has 1 aromatic carbocycles. The van der Waals surface area contributed by atoms with Crippen molar-refractivity contribution in [2.45, 2.75) is 79.3 Å². The van der Waals surface area contributed by atoms with E-state index >= 15 is 0 Å². The number of Topliss-reactive ketones (excluding diaryl/α,β-unsaturated/α-hetero) is 1. The Hall–Kier alpha value is -2.87. The molecule has 196 valence electrons. The first kappa shape index (κ1) is 29.4. The molecule has 3 rings (SSSR count). The average Bonchev–Trinajstić information content (AvgIpc) is 3.48. The number of carbonyl (C=O) groups is 3. The quantitative estimate of drug-likeness (QED) is 0.479. The van der Waals surface area contributed by atoms with E-state index in [0.717, 1.165) is 29.5 Å². The van der Waals surface area contributed by atoms with Crippen molar-refractivity contribution < 1.29 is 14.4 Å². The van der Waals surface area contributed by atoms with Gasteiger partial charge < -0.3 is 15.2 Å². The Labute approximate surface area is 219 Å². The molecule has 1 aromatic heterocycles. The van der Waals surface area contributed by atoms with Gasteiger partial charge in [-0.2, -0.15) is 0 Å². The summed E-state index contributed by atoms with van der Waals surface area (Å²) in [5.74, 6) is 0.119. The zero-order valence-corrected chi connectivity index (χ0v) is 23.4. The second-order valence-electron chi connectivity index (χ2n) is 9.90. The van der Waals surface area contributed by atoms with Gasteiger partial charge >= 0.3 is 0 Å². The molecule has 1 aliphatic heterocycles. The monoisotopic (exact) mass is 512 g/mol. The van der Waals surface area contributed by atoms with Gasteiger partial charge in [0, 0.05) is 29.2 Å². The van der Waals surface area contributed by atoms with Crippen molar-refractivity contribution in [2.24, 2.45) is 4.99 Å². The molecule has 0 radical (unpaired) electrons. The summed E-state index contributed by atoms with van der Waals surface area (Å²) in [7, 11) is 0. The largest absolute Gasteiger partial charge is 0.348 e. The van der Waals surface area contributed by atoms with Gasteiger partial charge in [-0.3, -0.25) is 19.4 Å². The van der Waals surface area contributed by atoms with Crippen LogP contribution in [0.2, 0.25) is 0 Å². The van der Waals surface area contributed by atoms with Crippen molar-refractivity contribution in [3.63, 3.8) is 0 Å². The summed E-state index contributed by atoms with van der Waals surface area (Å²) in [6.45, 7) is 13.9. The summed E-state index contributed by atoms with van der Waals surface area (Å²) in [5, 5.41) is 5.95. The summed E-state index contributed by atoms with van der Waals surface area (Å²) in [6, 6.07) is 7.57. The smallest absolute Gasteiger partial charge is 0.253 e. The van der Waals surface area contributed by atoms with Crippen LogP contribution in [0.15, 0.2) is 41.7 Å². The maximum Gasteiger partial charge on any atom is 0.253 e. The van der Waals surface area contributed by atoms with Crippen LogP contribution in [0.5, 0.6) is 0 Å². The van der Waals surface area contributed by atoms with Gasteiger partial charge in [0.1, 0.15) is 0 Å². The SMILES string of the molecule is CCC.CCCc1ccc(C2CSC(NC(=O)CNC(=O)c3ccn(C(C)(C)C)c3)=N2)cc1C(C)=O. The molecule has 2 heterocycles. The first-order chi connectivity index (χ1) is 17.0. The van der Waals surface area contributed by atoms with Gasteiger partial charge in [-0.15, -0.1) is 0 Å². The van der Waals surface area contributed by atoms with Crippen LogP contribution in [0.1, 0.15) is 99.2 Å². The fourth-order valence-corrected chi connectivity index (χ4v) is 4.57. The van der Waals surface area contributed by atoms with E-state index in [2.05, 4.69) is 57.2 Å². The van der Waals surface area contributed by atoms with Gasteiger partial charge in [-0.05, 0) is 57.4 Å². The molecule has 7 nitrogen and oxygen atoms in total. The molecule has 0 saturated heterocycles. The van der Waals surface area contributed by atoms with E-state index in [1.165, 1.54) is 18.2 Å². The van der Waals surface area contributed by atoms with Crippen LogP contribution in [0.25, 0.3) is 0 Å². The van der Waals surface area contributed by atoms with Crippen molar-refractivity contribution in [1.82, 2.24) is 15.2 Å². The van der Waals surface area contributed by atoms with E-state index in [-0.39, 0.29) is 35.7 Å². The molecule has 8 heteroatoms. The van der Waals surface area contributed by atoms with Crippen LogP contribution < -0.4 is 10.6 Å². The van der Waals surface area contributed by atoms with Crippen molar-refractivity contribution in [1.29, 1.82) is 0 Å². The van der Waals surface area contributed by atoms with Gasteiger partial charge in [-0.1, -0.05) is 57.5 Å². The molecule has 36 heavy (non-hydrogen) atoms. The fraction of sp³-hybridized carbons (Fsp3) is 0.500. The van der Waals surface area contributed by atoms with Gasteiger partial charge in [0.25, 0.3) is 5.91 Å². The van der Waals surface area contributed by atoms with Crippen LogP contribution >= 0.6 is 11.8 Å². The van der Waals surface area contributed by atoms with Crippen molar-refractivity contribution in [2.75, 3.05) is 12.3 Å². The summed E-state index contributed by atoms with van der Waals surface area (Å²) in [4.78, 5) is 41.4. The van der Waals surface area contributed by atoms with E-state index in [4.69, 9.17) is 0 Å². The van der Waals surface area contributed by atoms with Crippen LogP contribution in [0.4, 0.5) is 0 Å². The minimum atomic E-state index is -0.326. The molecule has 2 amide bonds. The Morgan fingerprint density at radius 1 is 1.14 bits per heavy atom. The molecule has 0 spiro atoms.